The first-order valence-electron chi connectivity index (χ1n) is 9.74. The first kappa shape index (κ1) is 21.1. The summed E-state index contributed by atoms with van der Waals surface area (Å²) in [7, 11) is 0. The summed E-state index contributed by atoms with van der Waals surface area (Å²) in [5.41, 5.74) is 7.15. The first-order chi connectivity index (χ1) is 12.4. The van der Waals surface area contributed by atoms with Gasteiger partial charge in [-0.15, -0.1) is 0 Å². The SMILES string of the molecule is CC(=Nc1ccc(Cc2ccc(N=C(C)C(C)(C)C)cc2)cc1)C(C)(C)C. The molecule has 0 aliphatic carbocycles. The van der Waals surface area contributed by atoms with E-state index in [1.165, 1.54) is 11.1 Å². The number of benzene rings is 2. The van der Waals surface area contributed by atoms with Gasteiger partial charge in [-0.25, -0.2) is 0 Å². The van der Waals surface area contributed by atoms with Gasteiger partial charge in [-0.2, -0.15) is 0 Å². The van der Waals surface area contributed by atoms with Crippen LogP contribution < -0.4 is 0 Å². The zero-order chi connectivity index (χ0) is 20.2. The lowest BCUT2D eigenvalue weighted by Crippen LogP contribution is -2.16. The lowest BCUT2D eigenvalue weighted by Gasteiger charge is -2.18. The normalized spacial score (nSPS) is 13.8. The van der Waals surface area contributed by atoms with Crippen molar-refractivity contribution in [2.45, 2.75) is 61.8 Å². The minimum atomic E-state index is 0.105. The van der Waals surface area contributed by atoms with Crippen LogP contribution in [-0.4, -0.2) is 11.4 Å². The van der Waals surface area contributed by atoms with E-state index in [2.05, 4.69) is 104 Å². The van der Waals surface area contributed by atoms with Crippen LogP contribution in [0.25, 0.3) is 0 Å². The van der Waals surface area contributed by atoms with Crippen LogP contribution in [0.1, 0.15) is 66.5 Å². The first-order valence-corrected chi connectivity index (χ1v) is 9.74. The van der Waals surface area contributed by atoms with Gasteiger partial charge >= 0.3 is 0 Å². The summed E-state index contributed by atoms with van der Waals surface area (Å²) in [4.78, 5) is 9.48. The number of aliphatic imine (C=N–C) groups is 2. The Morgan fingerprint density at radius 3 is 1.15 bits per heavy atom. The van der Waals surface area contributed by atoms with Crippen LogP contribution in [-0.2, 0) is 6.42 Å². The fourth-order valence-corrected chi connectivity index (χ4v) is 2.34. The Labute approximate surface area is 165 Å². The summed E-state index contributed by atoms with van der Waals surface area (Å²) in [6.45, 7) is 17.3. The molecular formula is C25H34N2. The molecule has 0 aliphatic heterocycles. The largest absolute Gasteiger partial charge is 0.258 e. The van der Waals surface area contributed by atoms with Crippen molar-refractivity contribution in [2.75, 3.05) is 0 Å². The minimum Gasteiger partial charge on any atom is -0.258 e. The van der Waals surface area contributed by atoms with E-state index in [9.17, 15) is 0 Å². The topological polar surface area (TPSA) is 24.7 Å². The molecule has 0 unspecified atom stereocenters. The third-order valence-corrected chi connectivity index (χ3v) is 5.05. The highest BCUT2D eigenvalue weighted by Gasteiger charge is 2.14. The summed E-state index contributed by atoms with van der Waals surface area (Å²) < 4.78 is 0. The fraction of sp³-hybridized carbons (Fsp3) is 0.440. The zero-order valence-corrected chi connectivity index (χ0v) is 18.2. The third-order valence-electron chi connectivity index (χ3n) is 5.05. The minimum absolute atomic E-state index is 0.105. The summed E-state index contributed by atoms with van der Waals surface area (Å²) in [5.74, 6) is 0. The predicted octanol–water partition coefficient (Wildman–Crippen LogP) is 7.55. The highest BCUT2D eigenvalue weighted by atomic mass is 14.8. The molecule has 0 bridgehead atoms. The van der Waals surface area contributed by atoms with Crippen molar-refractivity contribution in [3.8, 4) is 0 Å². The number of rotatable bonds is 4. The van der Waals surface area contributed by atoms with Crippen LogP contribution in [0.2, 0.25) is 0 Å². The lowest BCUT2D eigenvalue weighted by atomic mass is 9.91. The van der Waals surface area contributed by atoms with Gasteiger partial charge in [0.1, 0.15) is 0 Å². The van der Waals surface area contributed by atoms with E-state index in [0.717, 1.165) is 29.2 Å². The zero-order valence-electron chi connectivity index (χ0n) is 18.2. The molecule has 2 heteroatoms. The number of nitrogens with zero attached hydrogens (tertiary/aromatic N) is 2. The van der Waals surface area contributed by atoms with Crippen molar-refractivity contribution < 1.29 is 0 Å². The van der Waals surface area contributed by atoms with Gasteiger partial charge in [-0.05, 0) is 66.5 Å². The van der Waals surface area contributed by atoms with Crippen LogP contribution in [0.4, 0.5) is 11.4 Å². The smallest absolute Gasteiger partial charge is 0.0629 e. The second-order valence-electron chi connectivity index (χ2n) is 9.40. The van der Waals surface area contributed by atoms with Crippen molar-refractivity contribution >= 4 is 22.8 Å². The highest BCUT2D eigenvalue weighted by molar-refractivity contribution is 5.89. The summed E-state index contributed by atoms with van der Waals surface area (Å²) in [5, 5.41) is 0. The molecule has 2 nitrogen and oxygen atoms in total. The van der Waals surface area contributed by atoms with Gasteiger partial charge in [0.05, 0.1) is 11.4 Å². The summed E-state index contributed by atoms with van der Waals surface area (Å²) >= 11 is 0. The maximum Gasteiger partial charge on any atom is 0.0629 e. The molecule has 0 radical (unpaired) electrons. The Balaban J connectivity index is 2.08. The van der Waals surface area contributed by atoms with Crippen LogP contribution in [0.3, 0.4) is 0 Å². The standard InChI is InChI=1S/C25H34N2/c1-18(24(3,4)5)26-22-13-9-20(10-14-22)17-21-11-15-23(16-12-21)27-19(2)25(6,7)8/h9-16H,17H2,1-8H3. The van der Waals surface area contributed by atoms with Crippen molar-refractivity contribution in [2.24, 2.45) is 20.8 Å². The van der Waals surface area contributed by atoms with Crippen molar-refractivity contribution in [3.05, 3.63) is 59.7 Å². The van der Waals surface area contributed by atoms with Crippen molar-refractivity contribution in [1.82, 2.24) is 0 Å². The van der Waals surface area contributed by atoms with Crippen LogP contribution in [0, 0.1) is 10.8 Å². The van der Waals surface area contributed by atoms with E-state index in [1.807, 2.05) is 0 Å². The van der Waals surface area contributed by atoms with E-state index in [1.54, 1.807) is 0 Å². The van der Waals surface area contributed by atoms with Gasteiger partial charge in [-0.1, -0.05) is 65.8 Å². The van der Waals surface area contributed by atoms with Crippen LogP contribution in [0.5, 0.6) is 0 Å². The van der Waals surface area contributed by atoms with E-state index in [0.29, 0.717) is 0 Å². The Hall–Kier alpha value is -2.22. The molecule has 0 aromatic heterocycles. The quantitative estimate of drug-likeness (QED) is 0.501. The molecule has 0 atom stereocenters. The molecular weight excluding hydrogens is 328 g/mol. The van der Waals surface area contributed by atoms with Gasteiger partial charge in [0.15, 0.2) is 0 Å². The molecule has 0 spiro atoms. The average molecular weight is 363 g/mol. The van der Waals surface area contributed by atoms with Gasteiger partial charge in [-0.3, -0.25) is 9.98 Å². The molecule has 2 aromatic rings. The summed E-state index contributed by atoms with van der Waals surface area (Å²) in [6.07, 6.45) is 0.921. The van der Waals surface area contributed by atoms with E-state index in [-0.39, 0.29) is 10.8 Å². The monoisotopic (exact) mass is 362 g/mol. The lowest BCUT2D eigenvalue weighted by molar-refractivity contribution is 0.588. The maximum absolute atomic E-state index is 4.74. The number of hydrogen-bond acceptors (Lipinski definition) is 2. The molecule has 0 saturated carbocycles. The molecule has 144 valence electrons. The molecule has 0 heterocycles. The van der Waals surface area contributed by atoms with E-state index >= 15 is 0 Å². The second kappa shape index (κ2) is 8.21. The average Bonchev–Trinajstić information content (AvgIpc) is 2.56. The van der Waals surface area contributed by atoms with Gasteiger partial charge in [0, 0.05) is 11.4 Å². The highest BCUT2D eigenvalue weighted by Crippen LogP contribution is 2.24. The van der Waals surface area contributed by atoms with Crippen molar-refractivity contribution in [3.63, 3.8) is 0 Å². The Morgan fingerprint density at radius 1 is 0.593 bits per heavy atom. The second-order valence-corrected chi connectivity index (χ2v) is 9.40. The third kappa shape index (κ3) is 6.46. The van der Waals surface area contributed by atoms with Gasteiger partial charge in [0.2, 0.25) is 0 Å². The van der Waals surface area contributed by atoms with Gasteiger partial charge in [0.25, 0.3) is 0 Å². The molecule has 0 saturated heterocycles. The number of hydrogen-bond donors (Lipinski definition) is 0. The Bertz CT molecular complexity index is 737. The Kier molecular flexibility index (Phi) is 6.41. The molecule has 0 N–H and O–H groups in total. The summed E-state index contributed by atoms with van der Waals surface area (Å²) in [6, 6.07) is 17.1. The van der Waals surface area contributed by atoms with Crippen LogP contribution >= 0.6 is 0 Å². The molecule has 0 fully saturated rings. The van der Waals surface area contributed by atoms with Crippen LogP contribution in [0.15, 0.2) is 58.5 Å². The molecule has 0 aliphatic rings. The predicted molar refractivity (Wildman–Crippen MR) is 120 cm³/mol. The maximum atomic E-state index is 4.74. The van der Waals surface area contributed by atoms with E-state index < -0.39 is 0 Å². The molecule has 0 amide bonds. The molecule has 27 heavy (non-hydrogen) atoms. The van der Waals surface area contributed by atoms with E-state index in [4.69, 9.17) is 9.98 Å². The van der Waals surface area contributed by atoms with Crippen molar-refractivity contribution in [1.29, 1.82) is 0 Å². The Morgan fingerprint density at radius 2 is 0.889 bits per heavy atom. The molecule has 2 rings (SSSR count). The molecule has 2 aromatic carbocycles. The fourth-order valence-electron chi connectivity index (χ4n) is 2.34. The van der Waals surface area contributed by atoms with Gasteiger partial charge < -0.3 is 0 Å².